The van der Waals surface area contributed by atoms with E-state index >= 15 is 0 Å². The minimum atomic E-state index is 0.227. The van der Waals surface area contributed by atoms with E-state index in [4.69, 9.17) is 10.9 Å². The normalized spacial score (nSPS) is 12.1. The molecule has 0 bridgehead atoms. The Balaban J connectivity index is 2.60. The summed E-state index contributed by atoms with van der Waals surface area (Å²) in [4.78, 5) is 6.20. The zero-order chi connectivity index (χ0) is 11.3. The van der Waals surface area contributed by atoms with Gasteiger partial charge in [0.25, 0.3) is 0 Å². The molecular formula is C8H15N5OS. The lowest BCUT2D eigenvalue weighted by molar-refractivity contribution is 0.317. The van der Waals surface area contributed by atoms with E-state index in [9.17, 15) is 0 Å². The molecule has 0 aromatic carbocycles. The molecule has 0 aliphatic carbocycles. The molecule has 1 rings (SSSR count). The monoisotopic (exact) mass is 229 g/mol. The number of rotatable bonds is 5. The maximum absolute atomic E-state index is 8.44. The molecule has 0 aliphatic rings. The van der Waals surface area contributed by atoms with E-state index in [0.717, 1.165) is 5.13 Å². The van der Waals surface area contributed by atoms with Crippen LogP contribution in [0.15, 0.2) is 11.5 Å². The van der Waals surface area contributed by atoms with Gasteiger partial charge in [0.15, 0.2) is 0 Å². The van der Waals surface area contributed by atoms with Crippen LogP contribution < -0.4 is 10.6 Å². The molecule has 0 spiro atoms. The predicted molar refractivity (Wildman–Crippen MR) is 60.4 cm³/mol. The molecule has 6 nitrogen and oxygen atoms in total. The lowest BCUT2D eigenvalue weighted by atomic mass is 10.3. The first-order valence-corrected chi connectivity index (χ1v) is 5.42. The fourth-order valence-electron chi connectivity index (χ4n) is 1.15. The lowest BCUT2D eigenvalue weighted by Gasteiger charge is -2.25. The minimum absolute atomic E-state index is 0.227. The first kappa shape index (κ1) is 11.7. The van der Waals surface area contributed by atoms with Gasteiger partial charge < -0.3 is 15.8 Å². The van der Waals surface area contributed by atoms with Gasteiger partial charge in [-0.15, -0.1) is 0 Å². The molecule has 1 heterocycles. The second-order valence-electron chi connectivity index (χ2n) is 3.35. The Morgan fingerprint density at radius 1 is 1.73 bits per heavy atom. The van der Waals surface area contributed by atoms with Crippen molar-refractivity contribution < 1.29 is 5.21 Å². The van der Waals surface area contributed by atoms with Crippen molar-refractivity contribution in [3.05, 3.63) is 6.33 Å². The van der Waals surface area contributed by atoms with E-state index in [0.29, 0.717) is 19.0 Å². The summed E-state index contributed by atoms with van der Waals surface area (Å²) >= 11 is 1.34. The topological polar surface area (TPSA) is 87.6 Å². The van der Waals surface area contributed by atoms with Gasteiger partial charge in [0.05, 0.1) is 0 Å². The molecule has 1 aromatic heterocycles. The van der Waals surface area contributed by atoms with Crippen molar-refractivity contribution in [3.63, 3.8) is 0 Å². The highest BCUT2D eigenvalue weighted by Gasteiger charge is 2.13. The largest absolute Gasteiger partial charge is 0.409 e. The van der Waals surface area contributed by atoms with Crippen LogP contribution in [-0.2, 0) is 0 Å². The van der Waals surface area contributed by atoms with E-state index < -0.39 is 0 Å². The molecule has 0 unspecified atom stereocenters. The quantitative estimate of drug-likeness (QED) is 0.339. The van der Waals surface area contributed by atoms with Crippen molar-refractivity contribution in [1.29, 1.82) is 0 Å². The van der Waals surface area contributed by atoms with E-state index in [1.54, 1.807) is 0 Å². The maximum Gasteiger partial charge on any atom is 0.205 e. The Morgan fingerprint density at radius 3 is 2.93 bits per heavy atom. The zero-order valence-electron chi connectivity index (χ0n) is 8.79. The van der Waals surface area contributed by atoms with Gasteiger partial charge in [-0.1, -0.05) is 5.16 Å². The zero-order valence-corrected chi connectivity index (χ0v) is 9.61. The number of nitrogens with zero attached hydrogens (tertiary/aromatic N) is 4. The third-order valence-corrected chi connectivity index (χ3v) is 2.66. The van der Waals surface area contributed by atoms with Gasteiger partial charge in [-0.05, 0) is 13.8 Å². The van der Waals surface area contributed by atoms with Gasteiger partial charge in [0.2, 0.25) is 5.13 Å². The van der Waals surface area contributed by atoms with Gasteiger partial charge in [-0.2, -0.15) is 4.37 Å². The summed E-state index contributed by atoms with van der Waals surface area (Å²) in [6, 6.07) is 0.310. The molecule has 15 heavy (non-hydrogen) atoms. The third kappa shape index (κ3) is 3.35. The van der Waals surface area contributed by atoms with Crippen LogP contribution in [0.1, 0.15) is 20.3 Å². The van der Waals surface area contributed by atoms with Crippen LogP contribution in [0.4, 0.5) is 5.13 Å². The highest BCUT2D eigenvalue weighted by atomic mass is 32.1. The van der Waals surface area contributed by atoms with Crippen LogP contribution in [-0.4, -0.2) is 33.0 Å². The molecule has 0 radical (unpaired) electrons. The van der Waals surface area contributed by atoms with Gasteiger partial charge in [0.1, 0.15) is 12.2 Å². The van der Waals surface area contributed by atoms with E-state index in [1.807, 2.05) is 0 Å². The number of hydrogen-bond donors (Lipinski definition) is 2. The SMILES string of the molecule is CC(C)N(CCC(N)=NO)c1ncns1. The summed E-state index contributed by atoms with van der Waals surface area (Å²) in [6.07, 6.45) is 2.03. The Labute approximate surface area is 92.6 Å². The average Bonchev–Trinajstić information content (AvgIpc) is 2.70. The van der Waals surface area contributed by atoms with Crippen LogP contribution in [0.25, 0.3) is 0 Å². The van der Waals surface area contributed by atoms with Crippen molar-refractivity contribution in [2.24, 2.45) is 10.9 Å². The summed E-state index contributed by atoms with van der Waals surface area (Å²) in [5, 5.41) is 12.2. The number of oxime groups is 1. The van der Waals surface area contributed by atoms with Gasteiger partial charge in [-0.3, -0.25) is 0 Å². The predicted octanol–water partition coefficient (Wildman–Crippen LogP) is 0.889. The van der Waals surface area contributed by atoms with Crippen molar-refractivity contribution >= 4 is 22.5 Å². The van der Waals surface area contributed by atoms with Crippen molar-refractivity contribution in [2.45, 2.75) is 26.3 Å². The van der Waals surface area contributed by atoms with Crippen LogP contribution in [0.2, 0.25) is 0 Å². The summed E-state index contributed by atoms with van der Waals surface area (Å²) in [7, 11) is 0. The average molecular weight is 229 g/mol. The first-order chi connectivity index (χ1) is 7.15. The summed E-state index contributed by atoms with van der Waals surface area (Å²) in [6.45, 7) is 4.80. The van der Waals surface area contributed by atoms with Crippen molar-refractivity contribution in [3.8, 4) is 0 Å². The van der Waals surface area contributed by atoms with Gasteiger partial charge in [-0.25, -0.2) is 4.98 Å². The third-order valence-electron chi connectivity index (χ3n) is 1.96. The Kier molecular flexibility index (Phi) is 4.29. The number of amidine groups is 1. The molecule has 0 saturated heterocycles. The molecule has 0 fully saturated rings. The smallest absolute Gasteiger partial charge is 0.205 e. The molecular weight excluding hydrogens is 214 g/mol. The Morgan fingerprint density at radius 2 is 2.47 bits per heavy atom. The minimum Gasteiger partial charge on any atom is -0.409 e. The molecule has 0 atom stereocenters. The van der Waals surface area contributed by atoms with Gasteiger partial charge in [0, 0.05) is 30.5 Å². The molecule has 1 aromatic rings. The number of nitrogens with two attached hydrogens (primary N) is 1. The van der Waals surface area contributed by atoms with E-state index in [1.165, 1.54) is 17.9 Å². The fourth-order valence-corrected chi connectivity index (χ4v) is 1.84. The van der Waals surface area contributed by atoms with Crippen LogP contribution in [0, 0.1) is 0 Å². The standard InChI is InChI=1S/C8H15N5OS/c1-6(2)13(4-3-7(9)12-14)8-10-5-11-15-8/h5-6,14H,3-4H2,1-2H3,(H2,9,12). The lowest BCUT2D eigenvalue weighted by Crippen LogP contribution is -2.33. The molecule has 0 amide bonds. The van der Waals surface area contributed by atoms with Crippen LogP contribution in [0.5, 0.6) is 0 Å². The van der Waals surface area contributed by atoms with E-state index in [2.05, 4.69) is 33.3 Å². The Bertz CT molecular complexity index is 311. The van der Waals surface area contributed by atoms with E-state index in [-0.39, 0.29) is 5.84 Å². The number of hydrogen-bond acceptors (Lipinski definition) is 6. The molecule has 3 N–H and O–H groups in total. The molecule has 84 valence electrons. The number of aromatic nitrogens is 2. The highest BCUT2D eigenvalue weighted by Crippen LogP contribution is 2.17. The van der Waals surface area contributed by atoms with Crippen molar-refractivity contribution in [1.82, 2.24) is 9.36 Å². The highest BCUT2D eigenvalue weighted by molar-refractivity contribution is 7.09. The number of anilines is 1. The first-order valence-electron chi connectivity index (χ1n) is 4.65. The Hall–Kier alpha value is -1.37. The van der Waals surface area contributed by atoms with Crippen molar-refractivity contribution in [2.75, 3.05) is 11.4 Å². The summed E-state index contributed by atoms with van der Waals surface area (Å²) < 4.78 is 3.95. The van der Waals surface area contributed by atoms with Crippen LogP contribution >= 0.6 is 11.5 Å². The summed E-state index contributed by atoms with van der Waals surface area (Å²) in [5.74, 6) is 0.227. The van der Waals surface area contributed by atoms with Gasteiger partial charge >= 0.3 is 0 Å². The molecule has 0 aliphatic heterocycles. The summed E-state index contributed by atoms with van der Waals surface area (Å²) in [5.41, 5.74) is 5.42. The molecule has 0 saturated carbocycles. The fraction of sp³-hybridized carbons (Fsp3) is 0.625. The second-order valence-corrected chi connectivity index (χ2v) is 4.11. The van der Waals surface area contributed by atoms with Crippen LogP contribution in [0.3, 0.4) is 0 Å². The second kappa shape index (κ2) is 5.50. The maximum atomic E-state index is 8.44. The molecule has 7 heteroatoms.